The van der Waals surface area contributed by atoms with Gasteiger partial charge in [-0.15, -0.1) is 0 Å². The molecule has 1 saturated heterocycles. The highest BCUT2D eigenvalue weighted by Crippen LogP contribution is 2.34. The van der Waals surface area contributed by atoms with Crippen molar-refractivity contribution in [3.05, 3.63) is 92.7 Å². The molecular weight excluding hydrogens is 516 g/mol. The first-order chi connectivity index (χ1) is 19.0. The minimum absolute atomic E-state index is 0.0676. The maximum atomic E-state index is 11.4. The average molecular weight is 545 g/mol. The summed E-state index contributed by atoms with van der Waals surface area (Å²) in [6.07, 6.45) is 0.474. The Hall–Kier alpha value is -4.28. The first-order valence-corrected chi connectivity index (χ1v) is 13.5. The molecule has 0 unspecified atom stereocenters. The maximum Gasteiger partial charge on any atom is 0.307 e. The number of aromatic nitrogens is 3. The molecule has 0 radical (unpaired) electrons. The first kappa shape index (κ1) is 25.0. The molecule has 3 aromatic carbocycles. The summed E-state index contributed by atoms with van der Waals surface area (Å²) in [5.41, 5.74) is 3.85. The van der Waals surface area contributed by atoms with Crippen molar-refractivity contribution in [3.8, 4) is 23.1 Å². The third-order valence-electron chi connectivity index (χ3n) is 6.75. The molecule has 10 heteroatoms. The molecule has 200 valence electrons. The van der Waals surface area contributed by atoms with Crippen LogP contribution in [0.1, 0.15) is 16.3 Å². The average Bonchev–Trinajstić information content (AvgIpc) is 3.45. The number of hydrogen-bond donors (Lipinski definition) is 2. The Bertz CT molecular complexity index is 1650. The summed E-state index contributed by atoms with van der Waals surface area (Å²) in [5.74, 6) is 2.99. The lowest BCUT2D eigenvalue weighted by molar-refractivity contribution is 0.122. The molecule has 1 fully saturated rings. The number of nitrogens with one attached hydrogen (secondary N) is 1. The van der Waals surface area contributed by atoms with E-state index in [0.29, 0.717) is 36.9 Å². The lowest BCUT2D eigenvalue weighted by atomic mass is 10.1. The van der Waals surface area contributed by atoms with Crippen molar-refractivity contribution < 1.29 is 19.3 Å². The van der Waals surface area contributed by atoms with Gasteiger partial charge in [-0.2, -0.15) is 0 Å². The monoisotopic (exact) mass is 544 g/mol. The second-order valence-corrected chi connectivity index (χ2v) is 10.4. The van der Waals surface area contributed by atoms with E-state index in [2.05, 4.69) is 16.0 Å². The molecule has 9 nitrogen and oxygen atoms in total. The number of hydrogen-bond acceptors (Lipinski definition) is 8. The molecule has 1 aliphatic rings. The number of H-pyrrole nitrogens is 1. The quantitative estimate of drug-likeness (QED) is 0.289. The van der Waals surface area contributed by atoms with E-state index < -0.39 is 0 Å². The van der Waals surface area contributed by atoms with Crippen molar-refractivity contribution in [1.29, 1.82) is 0 Å². The molecule has 0 aliphatic carbocycles. The summed E-state index contributed by atoms with van der Waals surface area (Å²) in [5, 5.41) is 9.81. The molecule has 3 heterocycles. The zero-order valence-electron chi connectivity index (χ0n) is 21.4. The Morgan fingerprint density at radius 3 is 2.59 bits per heavy atom. The van der Waals surface area contributed by atoms with Crippen LogP contribution in [0.25, 0.3) is 11.0 Å². The normalized spacial score (nSPS) is 13.6. The van der Waals surface area contributed by atoms with Gasteiger partial charge >= 0.3 is 4.87 Å². The van der Waals surface area contributed by atoms with Crippen LogP contribution in [-0.2, 0) is 24.8 Å². The number of rotatable bonds is 8. The molecule has 6 rings (SSSR count). The molecule has 39 heavy (non-hydrogen) atoms. The van der Waals surface area contributed by atoms with E-state index in [1.165, 1.54) is 0 Å². The third-order valence-corrected chi connectivity index (χ3v) is 7.62. The standard InChI is InChI=1S/C29H28N4O5S/c1-32-24-17-21(38-25-5-3-2-4-23(25)33-12-14-36-15-13-33)10-11-22(24)30-27(32)18-37-20-8-6-19(7-9-20)16-26-28(34)31-29(35)39-26/h2-11,17,34H,12-16,18H2,1H3,(H,31,35). The van der Waals surface area contributed by atoms with Gasteiger partial charge in [0.25, 0.3) is 0 Å². The molecular formula is C29H28N4O5S. The zero-order valence-corrected chi connectivity index (χ0v) is 22.2. The number of aromatic hydroxyl groups is 1. The minimum atomic E-state index is -0.263. The van der Waals surface area contributed by atoms with Crippen LogP contribution in [0.3, 0.4) is 0 Å². The summed E-state index contributed by atoms with van der Waals surface area (Å²) in [7, 11) is 1.97. The predicted molar refractivity (Wildman–Crippen MR) is 150 cm³/mol. The second-order valence-electron chi connectivity index (χ2n) is 9.30. The van der Waals surface area contributed by atoms with Crippen LogP contribution < -0.4 is 19.2 Å². The number of ether oxygens (including phenoxy) is 3. The molecule has 2 aromatic heterocycles. The summed E-state index contributed by atoms with van der Waals surface area (Å²) in [4.78, 5) is 21.2. The molecule has 1 aliphatic heterocycles. The lowest BCUT2D eigenvalue weighted by Gasteiger charge is -2.30. The van der Waals surface area contributed by atoms with Gasteiger partial charge in [-0.3, -0.25) is 9.78 Å². The van der Waals surface area contributed by atoms with Crippen molar-refractivity contribution in [2.24, 2.45) is 7.05 Å². The SMILES string of the molecule is Cn1c(COc2ccc(Cc3sc(=O)[nH]c3O)cc2)nc2ccc(Oc3ccccc3N3CCOCC3)cc21. The summed E-state index contributed by atoms with van der Waals surface area (Å²) in [6.45, 7) is 3.41. The molecule has 0 atom stereocenters. The number of thiazole rings is 1. The number of para-hydroxylation sites is 2. The van der Waals surface area contributed by atoms with Gasteiger partial charge in [0, 0.05) is 32.6 Å². The van der Waals surface area contributed by atoms with Crippen LogP contribution in [0.2, 0.25) is 0 Å². The molecule has 0 spiro atoms. The van der Waals surface area contributed by atoms with Crippen LogP contribution in [-0.4, -0.2) is 45.9 Å². The van der Waals surface area contributed by atoms with Crippen LogP contribution in [0.5, 0.6) is 23.1 Å². The van der Waals surface area contributed by atoms with Crippen molar-refractivity contribution in [2.45, 2.75) is 13.0 Å². The van der Waals surface area contributed by atoms with Crippen molar-refractivity contribution in [2.75, 3.05) is 31.2 Å². The Labute approximate surface area is 228 Å². The van der Waals surface area contributed by atoms with Crippen molar-refractivity contribution >= 4 is 28.1 Å². The lowest BCUT2D eigenvalue weighted by Crippen LogP contribution is -2.36. The van der Waals surface area contributed by atoms with Crippen molar-refractivity contribution in [1.82, 2.24) is 14.5 Å². The molecule has 2 N–H and O–H groups in total. The highest BCUT2D eigenvalue weighted by Gasteiger charge is 2.17. The largest absolute Gasteiger partial charge is 0.494 e. The molecule has 0 bridgehead atoms. The second kappa shape index (κ2) is 10.8. The number of aromatic amines is 1. The summed E-state index contributed by atoms with van der Waals surface area (Å²) < 4.78 is 19.9. The Balaban J connectivity index is 1.14. The van der Waals surface area contributed by atoms with E-state index >= 15 is 0 Å². The van der Waals surface area contributed by atoms with E-state index in [-0.39, 0.29) is 10.8 Å². The van der Waals surface area contributed by atoms with Gasteiger partial charge in [0.05, 0.1) is 34.8 Å². The fourth-order valence-corrected chi connectivity index (χ4v) is 5.41. The van der Waals surface area contributed by atoms with Gasteiger partial charge in [0.1, 0.15) is 23.9 Å². The number of benzene rings is 3. The highest BCUT2D eigenvalue weighted by molar-refractivity contribution is 7.09. The smallest absolute Gasteiger partial charge is 0.307 e. The van der Waals surface area contributed by atoms with E-state index in [9.17, 15) is 9.90 Å². The number of morpholine rings is 1. The molecule has 5 aromatic rings. The van der Waals surface area contributed by atoms with Gasteiger partial charge in [-0.25, -0.2) is 4.98 Å². The summed E-state index contributed by atoms with van der Waals surface area (Å²) >= 11 is 1.01. The summed E-state index contributed by atoms with van der Waals surface area (Å²) in [6, 6.07) is 21.6. The maximum absolute atomic E-state index is 11.4. The van der Waals surface area contributed by atoms with Gasteiger partial charge in [0.15, 0.2) is 5.75 Å². The van der Waals surface area contributed by atoms with E-state index in [1.807, 2.05) is 72.3 Å². The third kappa shape index (κ3) is 5.47. The van der Waals surface area contributed by atoms with Crippen molar-refractivity contribution in [3.63, 3.8) is 0 Å². The minimum Gasteiger partial charge on any atom is -0.494 e. The van der Waals surface area contributed by atoms with Crippen LogP contribution in [0.15, 0.2) is 71.5 Å². The van der Waals surface area contributed by atoms with Crippen LogP contribution in [0, 0.1) is 0 Å². The van der Waals surface area contributed by atoms with E-state index in [4.69, 9.17) is 19.2 Å². The number of nitrogens with zero attached hydrogens (tertiary/aromatic N) is 3. The first-order valence-electron chi connectivity index (χ1n) is 12.7. The van der Waals surface area contributed by atoms with Gasteiger partial charge in [-0.05, 0) is 42.0 Å². The highest BCUT2D eigenvalue weighted by atomic mass is 32.1. The van der Waals surface area contributed by atoms with Crippen LogP contribution >= 0.6 is 11.3 Å². The zero-order chi connectivity index (χ0) is 26.8. The number of fused-ring (bicyclic) bond motifs is 1. The molecule has 0 saturated carbocycles. The predicted octanol–water partition coefficient (Wildman–Crippen LogP) is 4.83. The van der Waals surface area contributed by atoms with E-state index in [0.717, 1.165) is 64.0 Å². The Morgan fingerprint density at radius 2 is 1.82 bits per heavy atom. The molecule has 0 amide bonds. The Kier molecular flexibility index (Phi) is 6.95. The van der Waals surface area contributed by atoms with Gasteiger partial charge in [-0.1, -0.05) is 35.6 Å². The fourth-order valence-electron chi connectivity index (χ4n) is 4.66. The number of imidazole rings is 1. The van der Waals surface area contributed by atoms with E-state index in [1.54, 1.807) is 0 Å². The van der Waals surface area contributed by atoms with Gasteiger partial charge in [0.2, 0.25) is 5.88 Å². The Morgan fingerprint density at radius 1 is 1.05 bits per heavy atom. The van der Waals surface area contributed by atoms with Gasteiger partial charge < -0.3 is 28.8 Å². The number of anilines is 1. The number of aryl methyl sites for hydroxylation is 1. The van der Waals surface area contributed by atoms with Crippen LogP contribution in [0.4, 0.5) is 5.69 Å². The topological polar surface area (TPSA) is 102 Å². The fraction of sp³-hybridized carbons (Fsp3) is 0.241.